The van der Waals surface area contributed by atoms with E-state index in [1.165, 1.54) is 57.4 Å². The predicted molar refractivity (Wildman–Crippen MR) is 137 cm³/mol. The topological polar surface area (TPSA) is 46.0 Å². The Bertz CT molecular complexity index is 686. The summed E-state index contributed by atoms with van der Waals surface area (Å²) in [5.41, 5.74) is 1.14. The van der Waals surface area contributed by atoms with E-state index in [4.69, 9.17) is 11.6 Å². The standard InChI is InChI=1S/C16H37P.C9H6ClNO2/c1-5-9-13-17(14-10-6-2,15-11-7-3)16-12-8-4;10-7-3-1-6(2-4-7)8-5-9(12)13-11-8/h17H,5-16H2,1-4H3;1-5,11H. The predicted octanol–water partition coefficient (Wildman–Crippen LogP) is 8.23. The van der Waals surface area contributed by atoms with E-state index >= 15 is 0 Å². The summed E-state index contributed by atoms with van der Waals surface area (Å²) in [7, 11) is -0.879. The van der Waals surface area contributed by atoms with Gasteiger partial charge in [-0.3, -0.25) is 0 Å². The summed E-state index contributed by atoms with van der Waals surface area (Å²) in [6.07, 6.45) is 18.1. The maximum absolute atomic E-state index is 10.7. The first kappa shape index (κ1) is 27.0. The number of H-pyrrole nitrogens is 1. The molecular formula is C25H43ClNO2P. The van der Waals surface area contributed by atoms with E-state index in [2.05, 4.69) is 37.4 Å². The SMILES string of the molecule is CCCC[PH](CCCC)(CCCC)CCCC.O=c1cc(-c2ccc(Cl)cc2)[nH]o1. The van der Waals surface area contributed by atoms with Gasteiger partial charge in [-0.1, -0.05) is 23.7 Å². The summed E-state index contributed by atoms with van der Waals surface area (Å²) in [5, 5.41) is 3.17. The van der Waals surface area contributed by atoms with Gasteiger partial charge in [0.15, 0.2) is 0 Å². The van der Waals surface area contributed by atoms with Gasteiger partial charge in [-0.25, -0.2) is 9.95 Å². The second-order valence-corrected chi connectivity index (χ2v) is 13.9. The van der Waals surface area contributed by atoms with Crippen molar-refractivity contribution in [3.8, 4) is 11.3 Å². The average Bonchev–Trinajstić information content (AvgIpc) is 3.20. The van der Waals surface area contributed by atoms with Crippen molar-refractivity contribution in [2.75, 3.05) is 24.6 Å². The van der Waals surface area contributed by atoms with Crippen LogP contribution in [0.2, 0.25) is 5.02 Å². The van der Waals surface area contributed by atoms with E-state index < -0.39 is 7.26 Å². The Kier molecular flexibility index (Phi) is 14.1. The molecule has 1 heterocycles. The third-order valence-corrected chi connectivity index (χ3v) is 11.8. The van der Waals surface area contributed by atoms with E-state index in [-0.39, 0.29) is 5.63 Å². The molecule has 2 aromatic rings. The average molecular weight is 456 g/mol. The van der Waals surface area contributed by atoms with Crippen LogP contribution in [-0.2, 0) is 0 Å². The molecule has 3 nitrogen and oxygen atoms in total. The van der Waals surface area contributed by atoms with Gasteiger partial charge in [0.25, 0.3) is 0 Å². The molecule has 5 heteroatoms. The second kappa shape index (κ2) is 15.7. The van der Waals surface area contributed by atoms with Crippen molar-refractivity contribution in [2.24, 2.45) is 0 Å². The molecule has 0 radical (unpaired) electrons. The number of unbranched alkanes of at least 4 members (excludes halogenated alkanes) is 4. The number of rotatable bonds is 13. The molecular weight excluding hydrogens is 413 g/mol. The van der Waals surface area contributed by atoms with E-state index in [1.54, 1.807) is 36.8 Å². The summed E-state index contributed by atoms with van der Waals surface area (Å²) in [5.74, 6) is 0. The van der Waals surface area contributed by atoms with E-state index in [0.29, 0.717) is 10.7 Å². The van der Waals surface area contributed by atoms with E-state index in [1.807, 2.05) is 12.1 Å². The number of hydrogen-bond donors (Lipinski definition) is 1. The number of halogens is 1. The van der Waals surface area contributed by atoms with Crippen LogP contribution in [0.4, 0.5) is 0 Å². The summed E-state index contributed by atoms with van der Waals surface area (Å²) >= 11 is 5.71. The van der Waals surface area contributed by atoms with Crippen LogP contribution in [0.25, 0.3) is 11.3 Å². The van der Waals surface area contributed by atoms with Gasteiger partial charge in [-0.2, -0.15) is 0 Å². The van der Waals surface area contributed by atoms with Crippen LogP contribution < -0.4 is 5.63 Å². The van der Waals surface area contributed by atoms with Crippen molar-refractivity contribution in [3.63, 3.8) is 0 Å². The summed E-state index contributed by atoms with van der Waals surface area (Å²) in [4.78, 5) is 10.7. The van der Waals surface area contributed by atoms with Crippen LogP contribution in [0.5, 0.6) is 0 Å². The second-order valence-electron chi connectivity index (χ2n) is 8.50. The number of nitrogens with one attached hydrogen (secondary N) is 1. The minimum atomic E-state index is -0.879. The minimum absolute atomic E-state index is 0.384. The molecule has 0 amide bonds. The Labute approximate surface area is 189 Å². The van der Waals surface area contributed by atoms with Crippen LogP contribution in [0.1, 0.15) is 79.1 Å². The summed E-state index contributed by atoms with van der Waals surface area (Å²) in [6.45, 7) is 9.44. The molecule has 0 aliphatic heterocycles. The third-order valence-electron chi connectivity index (χ3n) is 5.92. The Morgan fingerprint density at radius 2 is 1.23 bits per heavy atom. The summed E-state index contributed by atoms with van der Waals surface area (Å²) < 4.78 is 4.54. The van der Waals surface area contributed by atoms with Crippen molar-refractivity contribution in [1.82, 2.24) is 5.16 Å². The van der Waals surface area contributed by atoms with Gasteiger partial charge in [0, 0.05) is 10.6 Å². The van der Waals surface area contributed by atoms with Crippen molar-refractivity contribution in [1.29, 1.82) is 0 Å². The van der Waals surface area contributed by atoms with Gasteiger partial charge in [-0.05, 0) is 12.1 Å². The number of aromatic nitrogens is 1. The van der Waals surface area contributed by atoms with Gasteiger partial charge in [-0.15, -0.1) is 0 Å². The molecule has 1 aromatic carbocycles. The van der Waals surface area contributed by atoms with Crippen molar-refractivity contribution >= 4 is 18.9 Å². The first-order chi connectivity index (χ1) is 14.5. The van der Waals surface area contributed by atoms with Crippen molar-refractivity contribution < 1.29 is 4.52 Å². The molecule has 0 unspecified atom stereocenters. The maximum atomic E-state index is 10.7. The first-order valence-corrected chi connectivity index (χ1v) is 15.1. The van der Waals surface area contributed by atoms with Gasteiger partial charge >= 0.3 is 117 Å². The molecule has 172 valence electrons. The van der Waals surface area contributed by atoms with Crippen LogP contribution in [-0.4, -0.2) is 29.8 Å². The molecule has 0 aliphatic carbocycles. The van der Waals surface area contributed by atoms with E-state index in [0.717, 1.165) is 5.56 Å². The quantitative estimate of drug-likeness (QED) is 0.309. The molecule has 0 bridgehead atoms. The largest absolute Gasteiger partial charge is 0.357 e. The van der Waals surface area contributed by atoms with Gasteiger partial charge in [0.05, 0.1) is 11.8 Å². The summed E-state index contributed by atoms with van der Waals surface area (Å²) in [6, 6.07) is 8.51. The number of benzene rings is 1. The Morgan fingerprint density at radius 1 is 0.800 bits per heavy atom. The van der Waals surface area contributed by atoms with Gasteiger partial charge in [0.2, 0.25) is 0 Å². The maximum Gasteiger partial charge on any atom is 0.357 e. The molecule has 1 aromatic heterocycles. The van der Waals surface area contributed by atoms with Crippen LogP contribution in [0, 0.1) is 0 Å². The normalized spacial score (nSPS) is 11.8. The first-order valence-electron chi connectivity index (χ1n) is 11.9. The van der Waals surface area contributed by atoms with Gasteiger partial charge in [0.1, 0.15) is 0 Å². The molecule has 0 aliphatic rings. The Hall–Kier alpha value is -1.05. The number of aromatic amines is 1. The van der Waals surface area contributed by atoms with Crippen molar-refractivity contribution in [2.45, 2.75) is 79.1 Å². The zero-order chi connectivity index (χ0) is 22.2. The number of hydrogen-bond acceptors (Lipinski definition) is 2. The molecule has 2 rings (SSSR count). The molecule has 0 fully saturated rings. The minimum Gasteiger partial charge on any atom is -0.339 e. The molecule has 30 heavy (non-hydrogen) atoms. The molecule has 0 saturated carbocycles. The zero-order valence-corrected chi connectivity index (χ0v) is 21.3. The van der Waals surface area contributed by atoms with Gasteiger partial charge < -0.3 is 4.52 Å². The zero-order valence-electron chi connectivity index (χ0n) is 19.6. The van der Waals surface area contributed by atoms with Crippen LogP contribution >= 0.6 is 18.9 Å². The molecule has 0 spiro atoms. The van der Waals surface area contributed by atoms with Crippen molar-refractivity contribution in [3.05, 3.63) is 45.8 Å². The third kappa shape index (κ3) is 10.3. The van der Waals surface area contributed by atoms with Crippen LogP contribution in [0.15, 0.2) is 39.6 Å². The smallest absolute Gasteiger partial charge is 0.339 e. The van der Waals surface area contributed by atoms with Crippen LogP contribution in [0.3, 0.4) is 0 Å². The fourth-order valence-corrected chi connectivity index (χ4v) is 10.1. The fraction of sp³-hybridized carbons (Fsp3) is 0.640. The Balaban J connectivity index is 0.000000308. The monoisotopic (exact) mass is 455 g/mol. The van der Waals surface area contributed by atoms with E-state index in [9.17, 15) is 4.79 Å². The Morgan fingerprint density at radius 3 is 1.57 bits per heavy atom. The molecule has 1 N–H and O–H groups in total. The molecule has 0 saturated heterocycles. The fourth-order valence-electron chi connectivity index (χ4n) is 4.01. The molecule has 0 atom stereocenters.